The quantitative estimate of drug-likeness (QED) is 0.544. The molecule has 2 aromatic carbocycles. The molecule has 1 aliphatic heterocycles. The molecule has 3 nitrogen and oxygen atoms in total. The van der Waals surface area contributed by atoms with Crippen molar-refractivity contribution >= 4 is 28.4 Å². The van der Waals surface area contributed by atoms with Crippen molar-refractivity contribution < 1.29 is 13.2 Å². The number of benzene rings is 2. The van der Waals surface area contributed by atoms with Crippen LogP contribution in [0.25, 0.3) is 16.9 Å². The predicted octanol–water partition coefficient (Wildman–Crippen LogP) is 5.13. The van der Waals surface area contributed by atoms with Gasteiger partial charge in [0.05, 0.1) is 16.9 Å². The van der Waals surface area contributed by atoms with E-state index in [1.165, 1.54) is 6.07 Å². The van der Waals surface area contributed by atoms with E-state index in [4.69, 9.17) is 0 Å². The Labute approximate surface area is 156 Å². The fraction of sp³-hybridized carbons (Fsp3) is 0.167. The van der Waals surface area contributed by atoms with Crippen LogP contribution in [0.4, 0.5) is 19.0 Å². The van der Waals surface area contributed by atoms with E-state index in [0.717, 1.165) is 51.3 Å². The van der Waals surface area contributed by atoms with E-state index in [2.05, 4.69) is 33.0 Å². The van der Waals surface area contributed by atoms with Crippen molar-refractivity contribution in [1.29, 1.82) is 0 Å². The first-order valence-electron chi connectivity index (χ1n) is 7.73. The zero-order valence-corrected chi connectivity index (χ0v) is 15.1. The lowest BCUT2D eigenvalue weighted by Crippen LogP contribution is -2.08. The van der Waals surface area contributed by atoms with Gasteiger partial charge < -0.3 is 5.32 Å². The third-order valence-electron chi connectivity index (χ3n) is 4.17. The van der Waals surface area contributed by atoms with Crippen LogP contribution in [0, 0.1) is 3.57 Å². The van der Waals surface area contributed by atoms with E-state index in [-0.39, 0.29) is 0 Å². The molecule has 0 atom stereocenters. The van der Waals surface area contributed by atoms with Crippen LogP contribution in [0.3, 0.4) is 0 Å². The highest BCUT2D eigenvalue weighted by atomic mass is 127. The van der Waals surface area contributed by atoms with Gasteiger partial charge in [0.1, 0.15) is 5.82 Å². The smallest absolute Gasteiger partial charge is 0.369 e. The van der Waals surface area contributed by atoms with Gasteiger partial charge in [0.2, 0.25) is 0 Å². The van der Waals surface area contributed by atoms with Crippen LogP contribution >= 0.6 is 22.6 Å². The molecule has 4 rings (SSSR count). The van der Waals surface area contributed by atoms with Crippen molar-refractivity contribution in [3.8, 4) is 16.9 Å². The monoisotopic (exact) mass is 455 g/mol. The van der Waals surface area contributed by atoms with Crippen molar-refractivity contribution in [3.05, 3.63) is 63.2 Å². The predicted molar refractivity (Wildman–Crippen MR) is 98.9 cm³/mol. The minimum atomic E-state index is -4.38. The van der Waals surface area contributed by atoms with Gasteiger partial charge >= 0.3 is 6.18 Å². The molecule has 0 amide bonds. The Balaban J connectivity index is 1.86. The first-order chi connectivity index (χ1) is 11.9. The van der Waals surface area contributed by atoms with Gasteiger partial charge in [-0.15, -0.1) is 0 Å². The molecule has 25 heavy (non-hydrogen) atoms. The van der Waals surface area contributed by atoms with Crippen molar-refractivity contribution in [2.75, 3.05) is 11.9 Å². The Morgan fingerprint density at radius 2 is 1.88 bits per heavy atom. The van der Waals surface area contributed by atoms with E-state index in [0.29, 0.717) is 5.69 Å². The second kappa shape index (κ2) is 6.05. The number of hydrogen-bond acceptors (Lipinski definition) is 2. The van der Waals surface area contributed by atoms with E-state index in [1.807, 2.05) is 24.3 Å². The van der Waals surface area contributed by atoms with E-state index < -0.39 is 11.7 Å². The Hall–Kier alpha value is -2.03. The fourth-order valence-corrected chi connectivity index (χ4v) is 3.59. The number of fused-ring (bicyclic) bond motifs is 1. The van der Waals surface area contributed by atoms with Crippen LogP contribution in [0.2, 0.25) is 0 Å². The van der Waals surface area contributed by atoms with Gasteiger partial charge in [-0.05, 0) is 59.3 Å². The summed E-state index contributed by atoms with van der Waals surface area (Å²) in [5, 5.41) is 7.87. The Kier molecular flexibility index (Phi) is 3.98. The molecule has 0 saturated heterocycles. The van der Waals surface area contributed by atoms with Gasteiger partial charge in [0, 0.05) is 21.2 Å². The van der Waals surface area contributed by atoms with Gasteiger partial charge in [0.25, 0.3) is 0 Å². The molecule has 0 radical (unpaired) electrons. The molecule has 1 aromatic heterocycles. The van der Waals surface area contributed by atoms with Crippen LogP contribution in [-0.4, -0.2) is 16.3 Å². The molecule has 0 spiro atoms. The Bertz CT molecular complexity index is 947. The summed E-state index contributed by atoms with van der Waals surface area (Å²) in [4.78, 5) is 0. The van der Waals surface area contributed by atoms with E-state index in [1.54, 1.807) is 10.7 Å². The minimum absolute atomic E-state index is 0.400. The summed E-state index contributed by atoms with van der Waals surface area (Å²) < 4.78 is 41.7. The molecule has 1 aliphatic rings. The highest BCUT2D eigenvalue weighted by molar-refractivity contribution is 14.1. The minimum Gasteiger partial charge on any atom is -0.369 e. The van der Waals surface area contributed by atoms with E-state index in [9.17, 15) is 13.2 Å². The van der Waals surface area contributed by atoms with Crippen LogP contribution in [0.15, 0.2) is 48.5 Å². The first-order valence-corrected chi connectivity index (χ1v) is 8.81. The van der Waals surface area contributed by atoms with Crippen LogP contribution in [-0.2, 0) is 12.6 Å². The lowest BCUT2D eigenvalue weighted by atomic mass is 10.1. The third-order valence-corrected chi connectivity index (χ3v) is 4.84. The summed E-state index contributed by atoms with van der Waals surface area (Å²) in [6.07, 6.45) is -3.58. The Morgan fingerprint density at radius 1 is 1.08 bits per heavy atom. The summed E-state index contributed by atoms with van der Waals surface area (Å²) in [6.45, 7) is 0.753. The fourth-order valence-electron chi connectivity index (χ4n) is 3.04. The second-order valence-electron chi connectivity index (χ2n) is 5.82. The highest BCUT2D eigenvalue weighted by Gasteiger charge is 2.31. The van der Waals surface area contributed by atoms with Gasteiger partial charge in [0.15, 0.2) is 0 Å². The molecule has 0 saturated carbocycles. The van der Waals surface area contributed by atoms with Crippen molar-refractivity contribution in [1.82, 2.24) is 9.78 Å². The number of alkyl halides is 3. The normalized spacial score (nSPS) is 13.6. The average Bonchev–Trinajstić information content (AvgIpc) is 3.16. The van der Waals surface area contributed by atoms with Crippen LogP contribution in [0.5, 0.6) is 0 Å². The molecule has 0 unspecified atom stereocenters. The van der Waals surface area contributed by atoms with Gasteiger partial charge in [-0.1, -0.05) is 18.2 Å². The maximum Gasteiger partial charge on any atom is 0.416 e. The number of nitrogens with one attached hydrogen (secondary N) is 1. The maximum atomic E-state index is 13.0. The summed E-state index contributed by atoms with van der Waals surface area (Å²) in [5.41, 5.74) is 2.55. The molecule has 1 N–H and O–H groups in total. The molecule has 3 aromatic rings. The van der Waals surface area contributed by atoms with Crippen molar-refractivity contribution in [2.24, 2.45) is 0 Å². The van der Waals surface area contributed by atoms with E-state index >= 15 is 0 Å². The lowest BCUT2D eigenvalue weighted by molar-refractivity contribution is -0.137. The van der Waals surface area contributed by atoms with Crippen LogP contribution in [0.1, 0.15) is 11.1 Å². The number of nitrogens with zero attached hydrogens (tertiary/aromatic N) is 2. The molecule has 0 aliphatic carbocycles. The highest BCUT2D eigenvalue weighted by Crippen LogP contribution is 2.36. The number of aromatic nitrogens is 2. The number of hydrogen-bond donors (Lipinski definition) is 1. The summed E-state index contributed by atoms with van der Waals surface area (Å²) >= 11 is 2.24. The maximum absolute atomic E-state index is 13.0. The Morgan fingerprint density at radius 3 is 2.64 bits per heavy atom. The zero-order chi connectivity index (χ0) is 17.6. The molecule has 7 heteroatoms. The van der Waals surface area contributed by atoms with Crippen LogP contribution < -0.4 is 5.32 Å². The summed E-state index contributed by atoms with van der Waals surface area (Å²) in [5.74, 6) is 0.771. The average molecular weight is 455 g/mol. The molecule has 2 heterocycles. The summed E-state index contributed by atoms with van der Waals surface area (Å²) in [7, 11) is 0. The topological polar surface area (TPSA) is 29.9 Å². The number of rotatable bonds is 2. The molecule has 0 fully saturated rings. The molecule has 128 valence electrons. The third kappa shape index (κ3) is 3.01. The van der Waals surface area contributed by atoms with Gasteiger partial charge in [-0.3, -0.25) is 0 Å². The number of anilines is 1. The van der Waals surface area contributed by atoms with Crippen molar-refractivity contribution in [2.45, 2.75) is 12.6 Å². The summed E-state index contributed by atoms with van der Waals surface area (Å²) in [6, 6.07) is 13.2. The zero-order valence-electron chi connectivity index (χ0n) is 12.9. The van der Waals surface area contributed by atoms with Gasteiger partial charge in [-0.2, -0.15) is 18.3 Å². The van der Waals surface area contributed by atoms with Gasteiger partial charge in [-0.25, -0.2) is 4.68 Å². The first kappa shape index (κ1) is 16.4. The molecular weight excluding hydrogens is 442 g/mol. The second-order valence-corrected chi connectivity index (χ2v) is 7.07. The SMILES string of the molecule is FC(F)(F)c1cccc(-n2nc(-c3cccc(I)c3)c3c2NCC3)c1. The molecule has 0 bridgehead atoms. The lowest BCUT2D eigenvalue weighted by Gasteiger charge is -2.10. The number of halogens is 4. The standard InChI is InChI=1S/C18H13F3IN3/c19-18(20,21)12-4-2-6-14(10-12)25-17-15(7-8-23-17)16(24-25)11-3-1-5-13(22)9-11/h1-6,9-10,23H,7-8H2. The van der Waals surface area contributed by atoms with Crippen molar-refractivity contribution in [3.63, 3.8) is 0 Å². The largest absolute Gasteiger partial charge is 0.416 e. The molecular formula is C18H13F3IN3.